The number of ether oxygens (including phenoxy) is 2. The summed E-state index contributed by atoms with van der Waals surface area (Å²) in [5.74, 6) is 1.81. The molecule has 0 saturated carbocycles. The van der Waals surface area contributed by atoms with E-state index < -0.39 is 0 Å². The fourth-order valence-electron chi connectivity index (χ4n) is 2.90. The molecule has 32 heavy (non-hydrogen) atoms. The molecule has 0 amide bonds. The minimum absolute atomic E-state index is 0.342. The molecule has 3 rings (SSSR count). The first-order chi connectivity index (χ1) is 15.7. The molecule has 1 aliphatic rings. The van der Waals surface area contributed by atoms with Gasteiger partial charge in [-0.25, -0.2) is 0 Å². The molecular weight excluding hydrogens is 537 g/mol. The van der Waals surface area contributed by atoms with Gasteiger partial charge < -0.3 is 4.74 Å². The number of anilines is 1. The average molecular weight is 558 g/mol. The van der Waals surface area contributed by atoms with Crippen molar-refractivity contribution in [1.29, 1.82) is 10.5 Å². The standard InChI is InChI=1S/C23H21IN5O2S/c1-27-22-19(13-25)21(17-5-7-18(8-6-17)31-11-10-30-2)20(14-26)23(29-22)32-15-16-4-3-9-28-24-12-16/h3-9,12H,10-11,15H2,1-2H3,(H,27,29)/q-1. The van der Waals surface area contributed by atoms with Gasteiger partial charge in [0.15, 0.2) is 0 Å². The third-order valence-electron chi connectivity index (χ3n) is 4.40. The first kappa shape index (κ1) is 23.8. The monoisotopic (exact) mass is 558 g/mol. The van der Waals surface area contributed by atoms with Crippen molar-refractivity contribution in [3.63, 3.8) is 0 Å². The predicted molar refractivity (Wildman–Crippen MR) is 122 cm³/mol. The van der Waals surface area contributed by atoms with Gasteiger partial charge in [0.2, 0.25) is 0 Å². The summed E-state index contributed by atoms with van der Waals surface area (Å²) in [4.78, 5) is 4.59. The van der Waals surface area contributed by atoms with E-state index in [1.165, 1.54) is 11.8 Å². The SMILES string of the molecule is CNc1nc(SCC2=C[I-]N=CC=C2)c(C#N)c(-c2ccc(OCCOC)cc2)c1C#N. The molecule has 0 fully saturated rings. The van der Waals surface area contributed by atoms with Crippen molar-refractivity contribution in [2.24, 2.45) is 3.21 Å². The number of allylic oxidation sites excluding steroid dienone is 2. The zero-order valence-corrected chi connectivity index (χ0v) is 20.6. The van der Waals surface area contributed by atoms with Gasteiger partial charge in [-0.3, -0.25) is 0 Å². The molecule has 1 aromatic carbocycles. The number of methoxy groups -OCH3 is 1. The van der Waals surface area contributed by atoms with Crippen molar-refractivity contribution >= 4 is 23.8 Å². The first-order valence-corrected chi connectivity index (χ1v) is 12.8. The number of hydrogen-bond donors (Lipinski definition) is 1. The molecule has 9 heteroatoms. The number of aromatic nitrogens is 1. The van der Waals surface area contributed by atoms with E-state index in [0.29, 0.717) is 52.3 Å². The second-order valence-corrected chi connectivity index (χ2v) is 9.11. The summed E-state index contributed by atoms with van der Waals surface area (Å²) in [7, 11) is 3.34. The molecule has 1 N–H and O–H groups in total. The van der Waals surface area contributed by atoms with E-state index in [4.69, 9.17) is 9.47 Å². The zero-order valence-electron chi connectivity index (χ0n) is 17.6. The number of nitrogens with one attached hydrogen (secondary N) is 1. The number of hydrogen-bond acceptors (Lipinski definition) is 8. The van der Waals surface area contributed by atoms with Gasteiger partial charge in [0.1, 0.15) is 6.61 Å². The van der Waals surface area contributed by atoms with Crippen LogP contribution in [-0.4, -0.2) is 44.3 Å². The second kappa shape index (κ2) is 12.2. The van der Waals surface area contributed by atoms with Crippen molar-refractivity contribution in [2.45, 2.75) is 5.03 Å². The molecule has 0 atom stereocenters. The molecule has 0 aliphatic carbocycles. The van der Waals surface area contributed by atoms with Crippen LogP contribution in [0.5, 0.6) is 5.75 Å². The van der Waals surface area contributed by atoms with Crippen LogP contribution in [0.4, 0.5) is 5.82 Å². The van der Waals surface area contributed by atoms with Crippen LogP contribution in [0.2, 0.25) is 0 Å². The molecule has 0 radical (unpaired) electrons. The molecule has 1 aliphatic heterocycles. The Labute approximate surface area is 202 Å². The summed E-state index contributed by atoms with van der Waals surface area (Å²) in [6.07, 6.45) is 5.78. The van der Waals surface area contributed by atoms with Gasteiger partial charge in [0, 0.05) is 7.11 Å². The van der Waals surface area contributed by atoms with Crippen LogP contribution in [0.25, 0.3) is 11.1 Å². The summed E-state index contributed by atoms with van der Waals surface area (Å²) < 4.78 is 17.1. The van der Waals surface area contributed by atoms with Crippen LogP contribution in [0.3, 0.4) is 0 Å². The Balaban J connectivity index is 1.98. The molecule has 0 saturated heterocycles. The quantitative estimate of drug-likeness (QED) is 0.280. The predicted octanol–water partition coefficient (Wildman–Crippen LogP) is 1.18. The van der Waals surface area contributed by atoms with Crippen LogP contribution < -0.4 is 31.5 Å². The third-order valence-corrected chi connectivity index (χ3v) is 7.17. The van der Waals surface area contributed by atoms with Gasteiger partial charge in [-0.2, -0.15) is 0 Å². The first-order valence-electron chi connectivity index (χ1n) is 9.64. The summed E-state index contributed by atoms with van der Waals surface area (Å²) in [5, 5.41) is 23.5. The molecule has 0 spiro atoms. The van der Waals surface area contributed by atoms with E-state index in [0.717, 1.165) is 11.1 Å². The van der Waals surface area contributed by atoms with Crippen molar-refractivity contribution < 1.29 is 31.0 Å². The van der Waals surface area contributed by atoms with Crippen molar-refractivity contribution in [3.8, 4) is 29.0 Å². The fraction of sp³-hybridized carbons (Fsp3) is 0.217. The summed E-state index contributed by atoms with van der Waals surface area (Å²) in [5.41, 5.74) is 3.21. The molecular formula is C23H21IN5O2S-. The van der Waals surface area contributed by atoms with E-state index in [1.54, 1.807) is 14.2 Å². The van der Waals surface area contributed by atoms with Crippen LogP contribution in [0.15, 0.2) is 54.3 Å². The Hall–Kier alpha value is -2.86. The average Bonchev–Trinajstić information content (AvgIpc) is 3.11. The Kier molecular flexibility index (Phi) is 9.11. The Bertz CT molecular complexity index is 1130. The van der Waals surface area contributed by atoms with Gasteiger partial charge in [-0.15, -0.1) is 0 Å². The maximum atomic E-state index is 10.0. The summed E-state index contributed by atoms with van der Waals surface area (Å²) in [6, 6.07) is 11.9. The molecule has 0 unspecified atom stereocenters. The Morgan fingerprint density at radius 3 is 2.59 bits per heavy atom. The molecule has 7 nitrogen and oxygen atoms in total. The van der Waals surface area contributed by atoms with E-state index >= 15 is 0 Å². The van der Waals surface area contributed by atoms with Crippen molar-refractivity contribution in [3.05, 3.63) is 57.2 Å². The number of nitrogens with zero attached hydrogens (tertiary/aromatic N) is 4. The van der Waals surface area contributed by atoms with Gasteiger partial charge in [0.25, 0.3) is 0 Å². The van der Waals surface area contributed by atoms with Gasteiger partial charge >= 0.3 is 178 Å². The van der Waals surface area contributed by atoms with Crippen LogP contribution in [0.1, 0.15) is 11.1 Å². The molecule has 0 bridgehead atoms. The third kappa shape index (κ3) is 5.88. The number of nitriles is 2. The molecule has 164 valence electrons. The topological polar surface area (TPSA) is 103 Å². The van der Waals surface area contributed by atoms with Gasteiger partial charge in [-0.1, -0.05) is 0 Å². The van der Waals surface area contributed by atoms with Gasteiger partial charge in [-0.05, 0) is 0 Å². The van der Waals surface area contributed by atoms with Crippen LogP contribution in [0, 0.1) is 22.7 Å². The maximum absolute atomic E-state index is 10.0. The number of thioether (sulfide) groups is 1. The number of halogens is 1. The van der Waals surface area contributed by atoms with Crippen LogP contribution in [-0.2, 0) is 4.74 Å². The Morgan fingerprint density at radius 1 is 1.12 bits per heavy atom. The van der Waals surface area contributed by atoms with E-state index in [-0.39, 0.29) is 21.5 Å². The summed E-state index contributed by atoms with van der Waals surface area (Å²) >= 11 is 1.14. The van der Waals surface area contributed by atoms with E-state index in [1.807, 2.05) is 42.6 Å². The van der Waals surface area contributed by atoms with Crippen LogP contribution >= 0.6 is 11.8 Å². The number of pyridine rings is 1. The zero-order chi connectivity index (χ0) is 22.8. The number of rotatable bonds is 9. The molecule has 1 aromatic heterocycles. The fourth-order valence-corrected chi connectivity index (χ4v) is 5.45. The molecule has 2 aromatic rings. The normalized spacial score (nSPS) is 12.7. The molecule has 2 heterocycles. The number of benzene rings is 1. The minimum atomic E-state index is -0.346. The van der Waals surface area contributed by atoms with E-state index in [9.17, 15) is 10.5 Å². The second-order valence-electron chi connectivity index (χ2n) is 6.41. The van der Waals surface area contributed by atoms with E-state index in [2.05, 4.69) is 29.7 Å². The van der Waals surface area contributed by atoms with Crippen molar-refractivity contribution in [1.82, 2.24) is 4.98 Å². The summed E-state index contributed by atoms with van der Waals surface area (Å²) in [6.45, 7) is 0.940. The van der Waals surface area contributed by atoms with Gasteiger partial charge in [0.05, 0.1) is 6.61 Å². The Morgan fingerprint density at radius 2 is 1.91 bits per heavy atom. The van der Waals surface area contributed by atoms with Crippen molar-refractivity contribution in [2.75, 3.05) is 38.4 Å².